The molecular weight excluding hydrogens is 314 g/mol. The number of hydrogen-bond donors (Lipinski definition) is 1. The molecule has 3 aromatic rings. The number of carbonyl (C=O) groups is 1. The van der Waals surface area contributed by atoms with E-state index in [0.717, 1.165) is 10.9 Å². The number of rotatable bonds is 4. The van der Waals surface area contributed by atoms with Gasteiger partial charge >= 0.3 is 0 Å². The fraction of sp³-hybridized carbons (Fsp3) is 0.167. The number of carbonyl (C=O) groups excluding carboxylic acids is 1. The summed E-state index contributed by atoms with van der Waals surface area (Å²) < 4.78 is 10.9. The molecule has 0 fully saturated rings. The summed E-state index contributed by atoms with van der Waals surface area (Å²) in [4.78, 5) is 12.6. The van der Waals surface area contributed by atoms with Crippen LogP contribution in [0.25, 0.3) is 11.0 Å². The van der Waals surface area contributed by atoms with Crippen LogP contribution in [0.2, 0.25) is 5.02 Å². The summed E-state index contributed by atoms with van der Waals surface area (Å²) in [6.45, 7) is 2.13. The van der Waals surface area contributed by atoms with Crippen LogP contribution in [-0.4, -0.2) is 13.0 Å². The average molecular weight is 330 g/mol. The minimum atomic E-state index is -0.200. The number of methoxy groups -OCH3 is 1. The first-order valence-corrected chi connectivity index (χ1v) is 7.56. The number of benzene rings is 2. The van der Waals surface area contributed by atoms with Gasteiger partial charge in [-0.25, -0.2) is 0 Å². The van der Waals surface area contributed by atoms with Crippen molar-refractivity contribution in [3.05, 3.63) is 64.4 Å². The molecule has 0 unspecified atom stereocenters. The normalized spacial score (nSPS) is 10.7. The highest BCUT2D eigenvalue weighted by Crippen LogP contribution is 2.29. The van der Waals surface area contributed by atoms with Crippen molar-refractivity contribution in [2.45, 2.75) is 13.5 Å². The molecule has 3 rings (SSSR count). The maximum Gasteiger partial charge on any atom is 0.255 e. The van der Waals surface area contributed by atoms with Crippen molar-refractivity contribution >= 4 is 28.5 Å². The Balaban J connectivity index is 1.88. The Bertz CT molecular complexity index is 870. The zero-order valence-corrected chi connectivity index (χ0v) is 13.6. The minimum absolute atomic E-state index is 0.200. The number of aryl methyl sites for hydroxylation is 1. The molecule has 1 N–H and O–H groups in total. The Kier molecular flexibility index (Phi) is 4.26. The summed E-state index contributed by atoms with van der Waals surface area (Å²) in [6.07, 6.45) is 0. The molecule has 23 heavy (non-hydrogen) atoms. The lowest BCUT2D eigenvalue weighted by molar-refractivity contribution is 0.0951. The van der Waals surface area contributed by atoms with Gasteiger partial charge in [0.2, 0.25) is 0 Å². The lowest BCUT2D eigenvalue weighted by Gasteiger charge is -2.07. The van der Waals surface area contributed by atoms with E-state index in [1.54, 1.807) is 38.3 Å². The molecule has 0 aliphatic carbocycles. The zero-order valence-electron chi connectivity index (χ0n) is 12.9. The van der Waals surface area contributed by atoms with Crippen molar-refractivity contribution in [1.82, 2.24) is 5.32 Å². The Morgan fingerprint density at radius 1 is 1.26 bits per heavy atom. The fourth-order valence-electron chi connectivity index (χ4n) is 2.51. The van der Waals surface area contributed by atoms with E-state index in [2.05, 4.69) is 5.32 Å². The van der Waals surface area contributed by atoms with Gasteiger partial charge in [0.05, 0.1) is 12.7 Å². The molecule has 0 saturated carbocycles. The molecule has 5 heteroatoms. The molecule has 0 spiro atoms. The van der Waals surface area contributed by atoms with Crippen molar-refractivity contribution in [2.75, 3.05) is 7.11 Å². The smallest absolute Gasteiger partial charge is 0.255 e. The highest BCUT2D eigenvalue weighted by molar-refractivity contribution is 6.31. The number of halogens is 1. The van der Waals surface area contributed by atoms with Gasteiger partial charge in [-0.2, -0.15) is 0 Å². The molecule has 2 aromatic carbocycles. The zero-order chi connectivity index (χ0) is 16.4. The number of amides is 1. The van der Waals surface area contributed by atoms with Crippen LogP contribution >= 0.6 is 11.6 Å². The summed E-state index contributed by atoms with van der Waals surface area (Å²) in [5, 5.41) is 4.25. The second-order valence-electron chi connectivity index (χ2n) is 5.17. The molecule has 0 radical (unpaired) electrons. The molecule has 1 aromatic heterocycles. The van der Waals surface area contributed by atoms with E-state index < -0.39 is 0 Å². The van der Waals surface area contributed by atoms with Crippen LogP contribution in [0.5, 0.6) is 5.75 Å². The van der Waals surface area contributed by atoms with Crippen LogP contribution < -0.4 is 10.1 Å². The van der Waals surface area contributed by atoms with Crippen molar-refractivity contribution in [3.63, 3.8) is 0 Å². The predicted molar refractivity (Wildman–Crippen MR) is 90.1 cm³/mol. The van der Waals surface area contributed by atoms with Crippen molar-refractivity contribution < 1.29 is 13.9 Å². The molecule has 0 atom stereocenters. The summed E-state index contributed by atoms with van der Waals surface area (Å²) in [5.41, 5.74) is 2.04. The number of hydrogen-bond acceptors (Lipinski definition) is 3. The summed E-state index contributed by atoms with van der Waals surface area (Å²) in [7, 11) is 1.59. The first-order valence-electron chi connectivity index (χ1n) is 7.19. The van der Waals surface area contributed by atoms with Gasteiger partial charge in [0.25, 0.3) is 5.91 Å². The number of fused-ring (bicyclic) bond motifs is 1. The molecule has 118 valence electrons. The topological polar surface area (TPSA) is 51.5 Å². The third kappa shape index (κ3) is 3.03. The van der Waals surface area contributed by atoms with Crippen LogP contribution in [-0.2, 0) is 6.54 Å². The van der Waals surface area contributed by atoms with Gasteiger partial charge in [0, 0.05) is 17.0 Å². The molecule has 1 amide bonds. The fourth-order valence-corrected chi connectivity index (χ4v) is 2.72. The Morgan fingerprint density at radius 3 is 2.78 bits per heavy atom. The second-order valence-corrected chi connectivity index (χ2v) is 5.58. The van der Waals surface area contributed by atoms with E-state index >= 15 is 0 Å². The molecule has 0 saturated heterocycles. The monoisotopic (exact) mass is 329 g/mol. The molecular formula is C18H16ClNO3. The van der Waals surface area contributed by atoms with Gasteiger partial charge in [-0.05, 0) is 36.8 Å². The summed E-state index contributed by atoms with van der Waals surface area (Å²) in [6, 6.07) is 12.8. The van der Waals surface area contributed by atoms with Crippen molar-refractivity contribution in [1.29, 1.82) is 0 Å². The third-order valence-electron chi connectivity index (χ3n) is 3.70. The third-order valence-corrected chi connectivity index (χ3v) is 4.06. The first-order chi connectivity index (χ1) is 11.1. The SMILES string of the molecule is COc1ccc2oc(C)c(C(=O)NCc3ccccc3Cl)c2c1. The van der Waals surface area contributed by atoms with Crippen LogP contribution in [0.15, 0.2) is 46.9 Å². The van der Waals surface area contributed by atoms with Gasteiger partial charge in [-0.1, -0.05) is 29.8 Å². The minimum Gasteiger partial charge on any atom is -0.497 e. The summed E-state index contributed by atoms with van der Waals surface area (Å²) in [5.74, 6) is 1.05. The maximum atomic E-state index is 12.6. The van der Waals surface area contributed by atoms with E-state index in [1.165, 1.54) is 0 Å². The van der Waals surface area contributed by atoms with E-state index in [-0.39, 0.29) is 5.91 Å². The quantitative estimate of drug-likeness (QED) is 0.775. The number of nitrogens with one attached hydrogen (secondary N) is 1. The highest BCUT2D eigenvalue weighted by atomic mass is 35.5. The Morgan fingerprint density at radius 2 is 2.04 bits per heavy atom. The Hall–Kier alpha value is -2.46. The van der Waals surface area contributed by atoms with E-state index in [4.69, 9.17) is 20.8 Å². The molecule has 0 aliphatic rings. The van der Waals surface area contributed by atoms with Gasteiger partial charge in [0.1, 0.15) is 17.1 Å². The van der Waals surface area contributed by atoms with Gasteiger partial charge in [-0.3, -0.25) is 4.79 Å². The van der Waals surface area contributed by atoms with E-state index in [1.807, 2.05) is 18.2 Å². The van der Waals surface area contributed by atoms with Crippen LogP contribution in [0.4, 0.5) is 0 Å². The molecule has 0 bridgehead atoms. The lowest BCUT2D eigenvalue weighted by Crippen LogP contribution is -2.23. The molecule has 0 aliphatic heterocycles. The van der Waals surface area contributed by atoms with E-state index in [0.29, 0.717) is 34.2 Å². The Labute approximate surface area is 139 Å². The van der Waals surface area contributed by atoms with Crippen LogP contribution in [0, 0.1) is 6.92 Å². The standard InChI is InChI=1S/C18H16ClNO3/c1-11-17(14-9-13(22-2)7-8-16(14)23-11)18(21)20-10-12-5-3-4-6-15(12)19/h3-9H,10H2,1-2H3,(H,20,21). The van der Waals surface area contributed by atoms with Crippen molar-refractivity contribution in [3.8, 4) is 5.75 Å². The van der Waals surface area contributed by atoms with Gasteiger partial charge < -0.3 is 14.5 Å². The largest absolute Gasteiger partial charge is 0.497 e. The predicted octanol–water partition coefficient (Wildman–Crippen LogP) is 4.33. The maximum absolute atomic E-state index is 12.6. The first kappa shape index (κ1) is 15.4. The average Bonchev–Trinajstić information content (AvgIpc) is 2.88. The number of furan rings is 1. The highest BCUT2D eigenvalue weighted by Gasteiger charge is 2.18. The molecule has 4 nitrogen and oxygen atoms in total. The van der Waals surface area contributed by atoms with Gasteiger partial charge in [0.15, 0.2) is 0 Å². The van der Waals surface area contributed by atoms with E-state index in [9.17, 15) is 4.79 Å². The lowest BCUT2D eigenvalue weighted by atomic mass is 10.1. The summed E-state index contributed by atoms with van der Waals surface area (Å²) >= 11 is 6.11. The van der Waals surface area contributed by atoms with Gasteiger partial charge in [-0.15, -0.1) is 0 Å². The van der Waals surface area contributed by atoms with Crippen LogP contribution in [0.1, 0.15) is 21.7 Å². The number of ether oxygens (including phenoxy) is 1. The molecule has 1 heterocycles. The van der Waals surface area contributed by atoms with Crippen LogP contribution in [0.3, 0.4) is 0 Å². The van der Waals surface area contributed by atoms with Crippen molar-refractivity contribution in [2.24, 2.45) is 0 Å². The second kappa shape index (κ2) is 6.34.